The molecule has 1 unspecified atom stereocenters. The molecule has 1 atom stereocenters. The Morgan fingerprint density at radius 2 is 2.24 bits per heavy atom. The molecule has 2 aromatic rings. The summed E-state index contributed by atoms with van der Waals surface area (Å²) in [6.45, 7) is 3.39. The van der Waals surface area contributed by atoms with Crippen molar-refractivity contribution in [3.63, 3.8) is 0 Å². The molecule has 0 saturated carbocycles. The predicted octanol–water partition coefficient (Wildman–Crippen LogP) is 3.35. The lowest BCUT2D eigenvalue weighted by Gasteiger charge is -2.28. The van der Waals surface area contributed by atoms with Crippen LogP contribution in [0.4, 0.5) is 0 Å². The molecule has 21 heavy (non-hydrogen) atoms. The molecule has 1 aromatic carbocycles. The van der Waals surface area contributed by atoms with Gasteiger partial charge >= 0.3 is 0 Å². The maximum atomic E-state index is 6.02. The van der Waals surface area contributed by atoms with Crippen LogP contribution in [-0.2, 0) is 6.54 Å². The third-order valence-corrected chi connectivity index (χ3v) is 4.96. The average Bonchev–Trinajstić information content (AvgIpc) is 2.85. The fourth-order valence-corrected chi connectivity index (χ4v) is 3.54. The highest BCUT2D eigenvalue weighted by Crippen LogP contribution is 2.32. The molecule has 0 aliphatic heterocycles. The highest BCUT2D eigenvalue weighted by atomic mass is 79.9. The van der Waals surface area contributed by atoms with Gasteiger partial charge in [0.15, 0.2) is 0 Å². The molecule has 1 heterocycles. The summed E-state index contributed by atoms with van der Waals surface area (Å²) in [5.74, 6) is 0.863. The van der Waals surface area contributed by atoms with Crippen molar-refractivity contribution in [1.82, 2.24) is 9.88 Å². The highest BCUT2D eigenvalue weighted by molar-refractivity contribution is 9.10. The van der Waals surface area contributed by atoms with Crippen molar-refractivity contribution < 1.29 is 4.74 Å². The fourth-order valence-electron chi connectivity index (χ4n) is 2.32. The first-order valence-corrected chi connectivity index (χ1v) is 8.36. The fraction of sp³-hybridized carbons (Fsp3) is 0.400. The molecule has 0 bridgehead atoms. The summed E-state index contributed by atoms with van der Waals surface area (Å²) in [6.07, 6.45) is 0. The van der Waals surface area contributed by atoms with Crippen LogP contribution in [0.1, 0.15) is 22.2 Å². The van der Waals surface area contributed by atoms with E-state index in [0.29, 0.717) is 6.54 Å². The van der Waals surface area contributed by atoms with Crippen molar-refractivity contribution in [3.8, 4) is 5.75 Å². The largest absolute Gasteiger partial charge is 0.496 e. The second-order valence-corrected chi connectivity index (χ2v) is 6.77. The maximum absolute atomic E-state index is 6.02. The van der Waals surface area contributed by atoms with Gasteiger partial charge in [-0.1, -0.05) is 15.9 Å². The number of ether oxygens (including phenoxy) is 1. The van der Waals surface area contributed by atoms with Gasteiger partial charge in [-0.25, -0.2) is 4.98 Å². The number of nitrogens with two attached hydrogens (primary N) is 1. The normalized spacial score (nSPS) is 12.7. The summed E-state index contributed by atoms with van der Waals surface area (Å²) in [7, 11) is 3.77. The number of likely N-dealkylation sites (N-methyl/N-ethyl adjacent to an activating group) is 1. The zero-order valence-corrected chi connectivity index (χ0v) is 14.9. The molecule has 0 saturated heterocycles. The predicted molar refractivity (Wildman–Crippen MR) is 90.8 cm³/mol. The van der Waals surface area contributed by atoms with Gasteiger partial charge in [0.1, 0.15) is 5.75 Å². The Balaban J connectivity index is 2.26. The summed E-state index contributed by atoms with van der Waals surface area (Å²) in [6, 6.07) is 6.11. The lowest BCUT2D eigenvalue weighted by molar-refractivity contribution is 0.237. The number of aromatic nitrogens is 1. The second-order valence-electron chi connectivity index (χ2n) is 4.91. The van der Waals surface area contributed by atoms with Crippen LogP contribution in [0.15, 0.2) is 28.2 Å². The zero-order valence-electron chi connectivity index (χ0n) is 12.5. The van der Waals surface area contributed by atoms with Crippen LogP contribution in [0, 0.1) is 6.92 Å². The molecule has 2 N–H and O–H groups in total. The molecular weight excluding hydrogens is 350 g/mol. The molecule has 0 radical (unpaired) electrons. The molecule has 0 amide bonds. The number of benzene rings is 1. The third kappa shape index (κ3) is 3.83. The molecule has 1 aromatic heterocycles. The molecule has 0 fully saturated rings. The first-order chi connectivity index (χ1) is 10.1. The van der Waals surface area contributed by atoms with Crippen LogP contribution in [0.2, 0.25) is 0 Å². The Bertz CT molecular complexity index is 602. The minimum absolute atomic E-state index is 0.0962. The Labute approximate surface area is 138 Å². The maximum Gasteiger partial charge on any atom is 0.123 e. The van der Waals surface area contributed by atoms with E-state index >= 15 is 0 Å². The van der Waals surface area contributed by atoms with Gasteiger partial charge in [-0.3, -0.25) is 4.90 Å². The number of aryl methyl sites for hydroxylation is 1. The number of hydrogen-bond acceptors (Lipinski definition) is 5. The molecule has 0 spiro atoms. The number of hydrogen-bond donors (Lipinski definition) is 1. The lowest BCUT2D eigenvalue weighted by atomic mass is 10.0. The van der Waals surface area contributed by atoms with E-state index in [1.165, 1.54) is 4.88 Å². The van der Waals surface area contributed by atoms with Crippen molar-refractivity contribution in [2.75, 3.05) is 20.7 Å². The smallest absolute Gasteiger partial charge is 0.123 e. The van der Waals surface area contributed by atoms with Crippen molar-refractivity contribution in [1.29, 1.82) is 0 Å². The van der Waals surface area contributed by atoms with Crippen LogP contribution >= 0.6 is 27.3 Å². The molecule has 6 heteroatoms. The quantitative estimate of drug-likeness (QED) is 0.847. The van der Waals surface area contributed by atoms with E-state index < -0.39 is 0 Å². The van der Waals surface area contributed by atoms with Crippen LogP contribution in [0.5, 0.6) is 5.75 Å². The minimum atomic E-state index is 0.0962. The van der Waals surface area contributed by atoms with Gasteiger partial charge in [-0.2, -0.15) is 0 Å². The Hall–Kier alpha value is -0.950. The second kappa shape index (κ2) is 7.35. The van der Waals surface area contributed by atoms with Gasteiger partial charge < -0.3 is 10.5 Å². The summed E-state index contributed by atoms with van der Waals surface area (Å²) in [5, 5.41) is 0. The van der Waals surface area contributed by atoms with E-state index in [0.717, 1.165) is 28.0 Å². The summed E-state index contributed by atoms with van der Waals surface area (Å²) in [4.78, 5) is 7.81. The Morgan fingerprint density at radius 3 is 2.81 bits per heavy atom. The Morgan fingerprint density at radius 1 is 1.48 bits per heavy atom. The third-order valence-electron chi connectivity index (χ3n) is 3.54. The van der Waals surface area contributed by atoms with Gasteiger partial charge in [0.25, 0.3) is 0 Å². The number of nitrogens with zero attached hydrogens (tertiary/aromatic N) is 2. The summed E-state index contributed by atoms with van der Waals surface area (Å²) >= 11 is 5.20. The van der Waals surface area contributed by atoms with Crippen molar-refractivity contribution in [2.45, 2.75) is 19.5 Å². The van der Waals surface area contributed by atoms with Crippen LogP contribution in [0.25, 0.3) is 0 Å². The first-order valence-electron chi connectivity index (χ1n) is 6.69. The van der Waals surface area contributed by atoms with Gasteiger partial charge in [0.05, 0.1) is 24.4 Å². The van der Waals surface area contributed by atoms with Gasteiger partial charge in [0, 0.05) is 28.0 Å². The summed E-state index contributed by atoms with van der Waals surface area (Å²) < 4.78 is 6.51. The molecule has 2 rings (SSSR count). The van der Waals surface area contributed by atoms with E-state index in [1.54, 1.807) is 18.4 Å². The Kier molecular flexibility index (Phi) is 5.75. The van der Waals surface area contributed by atoms with E-state index in [9.17, 15) is 0 Å². The lowest BCUT2D eigenvalue weighted by Crippen LogP contribution is -2.30. The highest BCUT2D eigenvalue weighted by Gasteiger charge is 2.21. The number of thiazole rings is 1. The summed E-state index contributed by atoms with van der Waals surface area (Å²) in [5.41, 5.74) is 10.1. The van der Waals surface area contributed by atoms with Crippen LogP contribution in [0.3, 0.4) is 0 Å². The van der Waals surface area contributed by atoms with Crippen molar-refractivity contribution in [3.05, 3.63) is 44.3 Å². The molecule has 4 nitrogen and oxygen atoms in total. The van der Waals surface area contributed by atoms with E-state index in [-0.39, 0.29) is 6.04 Å². The first kappa shape index (κ1) is 16.4. The van der Waals surface area contributed by atoms with Gasteiger partial charge in [-0.05, 0) is 32.2 Å². The van der Waals surface area contributed by atoms with Crippen LogP contribution in [-0.4, -0.2) is 30.6 Å². The van der Waals surface area contributed by atoms with E-state index in [4.69, 9.17) is 10.5 Å². The van der Waals surface area contributed by atoms with Crippen molar-refractivity contribution in [2.24, 2.45) is 5.73 Å². The average molecular weight is 370 g/mol. The zero-order chi connectivity index (χ0) is 15.4. The van der Waals surface area contributed by atoms with Gasteiger partial charge in [-0.15, -0.1) is 11.3 Å². The molecule has 114 valence electrons. The van der Waals surface area contributed by atoms with Crippen LogP contribution < -0.4 is 10.5 Å². The topological polar surface area (TPSA) is 51.4 Å². The van der Waals surface area contributed by atoms with E-state index in [2.05, 4.69) is 38.9 Å². The molecule has 0 aliphatic rings. The van der Waals surface area contributed by atoms with E-state index in [1.807, 2.05) is 24.6 Å². The molecular formula is C15H20BrN3OS. The standard InChI is InChI=1S/C15H20BrN3OS/c1-10-15(21-9-18-10)8-19(2)13(7-17)12-6-11(16)4-5-14(12)20-3/h4-6,9,13H,7-8,17H2,1-3H3. The van der Waals surface area contributed by atoms with Crippen molar-refractivity contribution >= 4 is 27.3 Å². The minimum Gasteiger partial charge on any atom is -0.496 e. The monoisotopic (exact) mass is 369 g/mol. The number of methoxy groups -OCH3 is 1. The molecule has 0 aliphatic carbocycles. The van der Waals surface area contributed by atoms with Gasteiger partial charge in [0.2, 0.25) is 0 Å². The number of halogens is 1. The SMILES string of the molecule is COc1ccc(Br)cc1C(CN)N(C)Cc1scnc1C. The number of rotatable bonds is 6.